The molecule has 0 radical (unpaired) electrons. The van der Waals surface area contributed by atoms with Gasteiger partial charge in [-0.2, -0.15) is 0 Å². The van der Waals surface area contributed by atoms with Crippen LogP contribution in [0, 0.1) is 0 Å². The highest BCUT2D eigenvalue weighted by atomic mass is 35.5. The minimum absolute atomic E-state index is 0.0401. The van der Waals surface area contributed by atoms with Crippen molar-refractivity contribution in [3.8, 4) is 0 Å². The molecule has 1 atom stereocenters. The first-order valence-corrected chi connectivity index (χ1v) is 10.3. The van der Waals surface area contributed by atoms with Gasteiger partial charge in [-0.15, -0.1) is 0 Å². The minimum atomic E-state index is -0.295. The summed E-state index contributed by atoms with van der Waals surface area (Å²) in [5.41, 5.74) is 5.25. The molecular formula is C25H20ClN3O. The summed E-state index contributed by atoms with van der Waals surface area (Å²) in [6.45, 7) is 1.24. The lowest BCUT2D eigenvalue weighted by molar-refractivity contribution is -0.115. The fourth-order valence-corrected chi connectivity index (χ4v) is 4.26. The van der Waals surface area contributed by atoms with Crippen LogP contribution in [0.3, 0.4) is 0 Å². The number of aliphatic imine (C=N–C) groups is 1. The zero-order valence-electron chi connectivity index (χ0n) is 16.3. The lowest BCUT2D eigenvalue weighted by atomic mass is 9.91. The first-order chi connectivity index (χ1) is 14.7. The number of benzene rings is 3. The number of carbonyl (C=O) groups is 1. The van der Waals surface area contributed by atoms with Gasteiger partial charge in [-0.25, -0.2) is 0 Å². The summed E-state index contributed by atoms with van der Waals surface area (Å²) >= 11 is 6.16. The van der Waals surface area contributed by atoms with Gasteiger partial charge >= 0.3 is 0 Å². The third-order valence-electron chi connectivity index (χ3n) is 5.44. The van der Waals surface area contributed by atoms with E-state index in [0.29, 0.717) is 23.8 Å². The molecule has 30 heavy (non-hydrogen) atoms. The molecule has 1 amide bonds. The van der Waals surface area contributed by atoms with Gasteiger partial charge in [0.1, 0.15) is 5.70 Å². The molecule has 3 aromatic rings. The highest BCUT2D eigenvalue weighted by Crippen LogP contribution is 2.42. The van der Waals surface area contributed by atoms with Crippen molar-refractivity contribution in [2.24, 2.45) is 4.99 Å². The lowest BCUT2D eigenvalue weighted by Gasteiger charge is -2.28. The van der Waals surface area contributed by atoms with Crippen molar-refractivity contribution in [3.63, 3.8) is 0 Å². The summed E-state index contributed by atoms with van der Waals surface area (Å²) in [4.78, 5) is 20.4. The molecule has 1 N–H and O–H groups in total. The van der Waals surface area contributed by atoms with Crippen molar-refractivity contribution in [1.82, 2.24) is 5.32 Å². The van der Waals surface area contributed by atoms with E-state index in [4.69, 9.17) is 16.6 Å². The Kier molecular flexibility index (Phi) is 4.85. The Morgan fingerprint density at radius 1 is 0.900 bits per heavy atom. The zero-order valence-corrected chi connectivity index (χ0v) is 17.0. The molecule has 148 valence electrons. The van der Waals surface area contributed by atoms with Crippen molar-refractivity contribution in [2.75, 3.05) is 18.0 Å². The number of nitrogens with zero attached hydrogens (tertiary/aromatic N) is 2. The van der Waals surface area contributed by atoms with Crippen LogP contribution >= 0.6 is 11.6 Å². The minimum Gasteiger partial charge on any atom is -0.378 e. The van der Waals surface area contributed by atoms with Gasteiger partial charge in [0.25, 0.3) is 5.91 Å². The Hall–Kier alpha value is -3.37. The van der Waals surface area contributed by atoms with Gasteiger partial charge in [0.05, 0.1) is 18.3 Å². The fraction of sp³-hybridized carbons (Fsp3) is 0.120. The third-order valence-corrected chi connectivity index (χ3v) is 5.69. The Labute approximate surface area is 180 Å². The first kappa shape index (κ1) is 18.6. The number of rotatable bonds is 3. The van der Waals surface area contributed by atoms with Gasteiger partial charge in [-0.3, -0.25) is 14.7 Å². The summed E-state index contributed by atoms with van der Waals surface area (Å²) < 4.78 is 0. The number of anilines is 1. The van der Waals surface area contributed by atoms with E-state index in [1.54, 1.807) is 0 Å². The standard InChI is InChI=1S/C25H20ClN3O/c26-19-13-11-18(12-14-19)24-21-22(17-7-3-1-4-8-17)27-15-16-28-23(21)25(30)29(24)20-9-5-2-6-10-20/h1-14,24,28H,15-16H2/t24-/m1/s1. The van der Waals surface area contributed by atoms with E-state index >= 15 is 0 Å². The fourth-order valence-electron chi connectivity index (χ4n) is 4.13. The molecule has 0 saturated carbocycles. The van der Waals surface area contributed by atoms with Crippen LogP contribution in [0.4, 0.5) is 5.69 Å². The van der Waals surface area contributed by atoms with Gasteiger partial charge < -0.3 is 5.32 Å². The molecule has 3 aromatic carbocycles. The quantitative estimate of drug-likeness (QED) is 0.671. The number of carbonyl (C=O) groups excluding carboxylic acids is 1. The predicted molar refractivity (Wildman–Crippen MR) is 121 cm³/mol. The summed E-state index contributed by atoms with van der Waals surface area (Å²) in [6, 6.07) is 27.3. The van der Waals surface area contributed by atoms with Crippen LogP contribution in [0.1, 0.15) is 17.2 Å². The first-order valence-electron chi connectivity index (χ1n) is 9.96. The average Bonchev–Trinajstić information content (AvgIpc) is 2.93. The Morgan fingerprint density at radius 2 is 1.57 bits per heavy atom. The van der Waals surface area contributed by atoms with Gasteiger partial charge in [0.2, 0.25) is 0 Å². The lowest BCUT2D eigenvalue weighted by Crippen LogP contribution is -2.33. The van der Waals surface area contributed by atoms with Crippen LogP contribution in [-0.2, 0) is 4.79 Å². The second kappa shape index (κ2) is 7.81. The second-order valence-corrected chi connectivity index (χ2v) is 7.71. The topological polar surface area (TPSA) is 44.7 Å². The highest BCUT2D eigenvalue weighted by molar-refractivity contribution is 6.30. The molecular weight excluding hydrogens is 394 g/mol. The van der Waals surface area contributed by atoms with Crippen LogP contribution in [-0.4, -0.2) is 24.7 Å². The van der Waals surface area contributed by atoms with Gasteiger partial charge in [-0.05, 0) is 29.8 Å². The zero-order chi connectivity index (χ0) is 20.5. The molecule has 0 bridgehead atoms. The molecule has 0 saturated heterocycles. The van der Waals surface area contributed by atoms with Gasteiger partial charge in [-0.1, -0.05) is 72.3 Å². The molecule has 2 heterocycles. The van der Waals surface area contributed by atoms with Crippen LogP contribution in [0.15, 0.2) is 101 Å². The maximum atomic E-state index is 13.6. The Morgan fingerprint density at radius 3 is 2.27 bits per heavy atom. The van der Waals surface area contributed by atoms with E-state index in [0.717, 1.165) is 28.1 Å². The van der Waals surface area contributed by atoms with Crippen LogP contribution in [0.2, 0.25) is 5.02 Å². The van der Waals surface area contributed by atoms with E-state index in [1.807, 2.05) is 89.8 Å². The van der Waals surface area contributed by atoms with E-state index in [9.17, 15) is 4.79 Å². The van der Waals surface area contributed by atoms with Crippen molar-refractivity contribution in [1.29, 1.82) is 0 Å². The maximum absolute atomic E-state index is 13.6. The molecule has 5 rings (SSSR count). The number of halogens is 1. The van der Waals surface area contributed by atoms with E-state index in [-0.39, 0.29) is 11.9 Å². The van der Waals surface area contributed by atoms with Gasteiger partial charge in [0, 0.05) is 28.4 Å². The number of hydrogen-bond acceptors (Lipinski definition) is 3. The molecule has 0 fully saturated rings. The molecule has 5 heteroatoms. The third kappa shape index (κ3) is 3.19. The number of amides is 1. The molecule has 4 nitrogen and oxygen atoms in total. The van der Waals surface area contributed by atoms with Crippen LogP contribution < -0.4 is 10.2 Å². The van der Waals surface area contributed by atoms with Crippen molar-refractivity contribution < 1.29 is 4.79 Å². The SMILES string of the molecule is O=C1C2=C(C(c3ccccc3)=NCCN2)[C@@H](c2ccc(Cl)cc2)N1c1ccccc1. The van der Waals surface area contributed by atoms with Crippen molar-refractivity contribution >= 4 is 28.9 Å². The van der Waals surface area contributed by atoms with Crippen LogP contribution in [0.5, 0.6) is 0 Å². The van der Waals surface area contributed by atoms with E-state index < -0.39 is 0 Å². The summed E-state index contributed by atoms with van der Waals surface area (Å²) in [6.07, 6.45) is 0. The van der Waals surface area contributed by atoms with E-state index in [2.05, 4.69) is 5.32 Å². The number of nitrogens with one attached hydrogen (secondary N) is 1. The Bertz CT molecular complexity index is 1140. The van der Waals surface area contributed by atoms with Crippen LogP contribution in [0.25, 0.3) is 0 Å². The average molecular weight is 414 g/mol. The summed E-state index contributed by atoms with van der Waals surface area (Å²) in [7, 11) is 0. The van der Waals surface area contributed by atoms with E-state index in [1.165, 1.54) is 0 Å². The summed E-state index contributed by atoms with van der Waals surface area (Å²) in [5.74, 6) is -0.0401. The normalized spacial score (nSPS) is 18.6. The predicted octanol–water partition coefficient (Wildman–Crippen LogP) is 4.77. The van der Waals surface area contributed by atoms with Crippen molar-refractivity contribution in [3.05, 3.63) is 112 Å². The number of hydrogen-bond donors (Lipinski definition) is 1. The van der Waals surface area contributed by atoms with Crippen molar-refractivity contribution in [2.45, 2.75) is 6.04 Å². The molecule has 0 aliphatic carbocycles. The smallest absolute Gasteiger partial charge is 0.275 e. The maximum Gasteiger partial charge on any atom is 0.275 e. The summed E-state index contributed by atoms with van der Waals surface area (Å²) in [5, 5.41) is 4.02. The molecule has 2 aliphatic rings. The molecule has 0 unspecified atom stereocenters. The molecule has 0 spiro atoms. The second-order valence-electron chi connectivity index (χ2n) is 7.28. The molecule has 0 aromatic heterocycles. The Balaban J connectivity index is 1.73. The largest absolute Gasteiger partial charge is 0.378 e. The molecule has 2 aliphatic heterocycles. The number of para-hydroxylation sites is 1. The monoisotopic (exact) mass is 413 g/mol. The highest BCUT2D eigenvalue weighted by Gasteiger charge is 2.43. The van der Waals surface area contributed by atoms with Gasteiger partial charge in [0.15, 0.2) is 0 Å².